The molecule has 0 unspecified atom stereocenters. The molecule has 0 aliphatic rings. The second-order valence-corrected chi connectivity index (χ2v) is 10.4. The van der Waals surface area contributed by atoms with Crippen LogP contribution in [0.3, 0.4) is 0 Å². The summed E-state index contributed by atoms with van der Waals surface area (Å²) in [5, 5.41) is 3.21. The maximum Gasteiger partial charge on any atom is 0.330 e. The fourth-order valence-corrected chi connectivity index (χ4v) is 4.03. The molecule has 0 saturated carbocycles. The molecule has 2 aromatic carbocycles. The van der Waals surface area contributed by atoms with E-state index in [0.717, 1.165) is 10.1 Å². The van der Waals surface area contributed by atoms with Crippen molar-refractivity contribution < 1.29 is 0 Å². The van der Waals surface area contributed by atoms with Crippen molar-refractivity contribution >= 4 is 17.4 Å². The molecule has 0 amide bonds. The largest absolute Gasteiger partial charge is 0.365 e. The third-order valence-electron chi connectivity index (χ3n) is 5.93. The molecule has 0 saturated heterocycles. The van der Waals surface area contributed by atoms with Gasteiger partial charge in [0.1, 0.15) is 11.0 Å². The first-order valence-electron chi connectivity index (χ1n) is 13.3. The highest BCUT2D eigenvalue weighted by Gasteiger charge is 2.10. The van der Waals surface area contributed by atoms with Gasteiger partial charge in [-0.3, -0.25) is 28.7 Å². The topological polar surface area (TPSA) is 148 Å². The van der Waals surface area contributed by atoms with Gasteiger partial charge in [-0.15, -0.1) is 0 Å². The first-order chi connectivity index (χ1) is 19.3. The van der Waals surface area contributed by atoms with E-state index in [-0.39, 0.29) is 47.9 Å². The number of hydrogen-bond acceptors (Lipinski definition) is 6. The molecule has 0 spiro atoms. The number of aromatic nitrogens is 4. The number of nitrogens with zero attached hydrogens (tertiary/aromatic N) is 2. The maximum absolute atomic E-state index is 11.9. The van der Waals surface area contributed by atoms with E-state index in [0.29, 0.717) is 5.82 Å². The first-order valence-corrected chi connectivity index (χ1v) is 13.7. The minimum Gasteiger partial charge on any atom is -0.365 e. The van der Waals surface area contributed by atoms with Crippen LogP contribution in [-0.4, -0.2) is 19.1 Å². The van der Waals surface area contributed by atoms with Crippen molar-refractivity contribution in [3.05, 3.63) is 131 Å². The number of rotatable bonds is 6. The summed E-state index contributed by atoms with van der Waals surface area (Å²) in [6.07, 6.45) is 0. The summed E-state index contributed by atoms with van der Waals surface area (Å²) in [6.45, 7) is 11.1. The van der Waals surface area contributed by atoms with Crippen molar-refractivity contribution in [1.82, 2.24) is 19.1 Å². The van der Waals surface area contributed by atoms with Crippen LogP contribution in [0.25, 0.3) is 0 Å². The lowest BCUT2D eigenvalue weighted by Gasteiger charge is -2.16. The first kappa shape index (κ1) is 35.9. The van der Waals surface area contributed by atoms with Crippen LogP contribution >= 0.6 is 11.6 Å². The number of hydrogen-bond donors (Lipinski definition) is 4. The van der Waals surface area contributed by atoms with Gasteiger partial charge in [0.2, 0.25) is 0 Å². The van der Waals surface area contributed by atoms with Gasteiger partial charge in [-0.05, 0) is 52.7 Å². The highest BCUT2D eigenvalue weighted by Crippen LogP contribution is 2.15. The molecule has 4 aromatic rings. The molecule has 5 N–H and O–H groups in total. The van der Waals surface area contributed by atoms with Crippen LogP contribution in [0, 0.1) is 0 Å². The average molecular weight is 599 g/mol. The Kier molecular flexibility index (Phi) is 14.5. The summed E-state index contributed by atoms with van der Waals surface area (Å²) in [4.78, 5) is 51.1. The van der Waals surface area contributed by atoms with Gasteiger partial charge in [-0.2, -0.15) is 0 Å². The van der Waals surface area contributed by atoms with E-state index in [1.807, 2.05) is 74.5 Å². The predicted octanol–water partition coefficient (Wildman–Crippen LogP) is 5.40. The molecule has 0 aliphatic heterocycles. The van der Waals surface area contributed by atoms with Crippen molar-refractivity contribution in [3.63, 3.8) is 0 Å². The van der Waals surface area contributed by atoms with Gasteiger partial charge < -0.3 is 11.1 Å². The average Bonchev–Trinajstić information content (AvgIpc) is 2.89. The van der Waals surface area contributed by atoms with Crippen molar-refractivity contribution in [3.8, 4) is 0 Å². The molecule has 42 heavy (non-hydrogen) atoms. The second-order valence-electron chi connectivity index (χ2n) is 9.99. The Labute approximate surface area is 251 Å². The highest BCUT2D eigenvalue weighted by molar-refractivity contribution is 6.29. The van der Waals surface area contributed by atoms with E-state index in [9.17, 15) is 19.2 Å². The van der Waals surface area contributed by atoms with Gasteiger partial charge in [-0.1, -0.05) is 79.7 Å². The van der Waals surface area contributed by atoms with E-state index in [2.05, 4.69) is 15.3 Å². The lowest BCUT2D eigenvalue weighted by molar-refractivity contribution is 0.546. The Balaban J connectivity index is 0.000000342. The number of anilines is 1. The zero-order valence-electron chi connectivity index (χ0n) is 24.2. The second kappa shape index (κ2) is 17.0. The van der Waals surface area contributed by atoms with Crippen LogP contribution < -0.4 is 33.5 Å². The summed E-state index contributed by atoms with van der Waals surface area (Å²) in [5.74, 6) is 0.438. The van der Waals surface area contributed by atoms with Crippen molar-refractivity contribution in [2.24, 2.45) is 5.73 Å². The zero-order valence-corrected chi connectivity index (χ0v) is 25.0. The van der Waals surface area contributed by atoms with Crippen LogP contribution in [-0.2, 0) is 0 Å². The van der Waals surface area contributed by atoms with E-state index in [4.69, 9.17) is 17.3 Å². The summed E-state index contributed by atoms with van der Waals surface area (Å²) >= 11 is 5.46. The minimum atomic E-state index is -0.470. The molecule has 2 heterocycles. The van der Waals surface area contributed by atoms with Gasteiger partial charge in [0.05, 0.1) is 0 Å². The molecule has 0 bridgehead atoms. The Bertz CT molecular complexity index is 1540. The smallest absolute Gasteiger partial charge is 0.330 e. The van der Waals surface area contributed by atoms with Crippen LogP contribution in [0.2, 0.25) is 5.15 Å². The van der Waals surface area contributed by atoms with Gasteiger partial charge in [-0.25, -0.2) is 9.59 Å². The Morgan fingerprint density at radius 2 is 1.12 bits per heavy atom. The fraction of sp³-hybridized carbons (Fsp3) is 0.355. The standard InChI is InChI=1S/C15H19N3O2.C8H11N.C7H9ClN2O2.CH4/c1-10(2)18-14(19)9-13(17-15(18)20)16-11(3)12-7-5-4-6-8-12;1-7(9)8-5-3-2-4-6-8;1-4(2)10-6(11)3-5(8)9-7(10)12;/h4-11,16H,1-3H3,(H,17,20);2-7H,9H2,1H3;3-4H,1-2H3,(H,9,12);1H4/t11-;7-;;/m00../s1. The summed E-state index contributed by atoms with van der Waals surface area (Å²) < 4.78 is 2.30. The molecule has 0 radical (unpaired) electrons. The van der Waals surface area contributed by atoms with Crippen LogP contribution in [0.4, 0.5) is 5.82 Å². The maximum atomic E-state index is 11.9. The lowest BCUT2D eigenvalue weighted by Crippen LogP contribution is -2.36. The third kappa shape index (κ3) is 10.7. The molecule has 228 valence electrons. The van der Waals surface area contributed by atoms with E-state index < -0.39 is 11.4 Å². The Hall–Kier alpha value is -4.15. The number of halogens is 1. The highest BCUT2D eigenvalue weighted by atomic mass is 35.5. The summed E-state index contributed by atoms with van der Waals surface area (Å²) in [7, 11) is 0. The minimum absolute atomic E-state index is 0. The molecular weight excluding hydrogens is 556 g/mol. The quantitative estimate of drug-likeness (QED) is 0.218. The van der Waals surface area contributed by atoms with Gasteiger partial charge >= 0.3 is 11.4 Å². The van der Waals surface area contributed by atoms with Gasteiger partial charge in [0, 0.05) is 36.3 Å². The van der Waals surface area contributed by atoms with Crippen molar-refractivity contribution in [1.29, 1.82) is 0 Å². The van der Waals surface area contributed by atoms with Gasteiger partial charge in [0.15, 0.2) is 0 Å². The molecule has 4 rings (SSSR count). The third-order valence-corrected chi connectivity index (χ3v) is 6.13. The van der Waals surface area contributed by atoms with Crippen molar-refractivity contribution in [2.75, 3.05) is 5.32 Å². The molecule has 0 aliphatic carbocycles. The Morgan fingerprint density at radius 1 is 0.690 bits per heavy atom. The normalized spacial score (nSPS) is 11.8. The van der Waals surface area contributed by atoms with E-state index in [1.165, 1.54) is 22.3 Å². The lowest BCUT2D eigenvalue weighted by atomic mass is 10.1. The molecule has 10 nitrogen and oxygen atoms in total. The van der Waals surface area contributed by atoms with Crippen molar-refractivity contribution in [2.45, 2.75) is 73.1 Å². The molecular formula is C31H43ClN6O4. The number of nitrogens with one attached hydrogen (secondary N) is 3. The van der Waals surface area contributed by atoms with Crippen LogP contribution in [0.5, 0.6) is 0 Å². The molecule has 2 aromatic heterocycles. The number of H-pyrrole nitrogens is 2. The van der Waals surface area contributed by atoms with Gasteiger partial charge in [0.25, 0.3) is 11.1 Å². The van der Waals surface area contributed by atoms with Crippen LogP contribution in [0.15, 0.2) is 92.0 Å². The predicted molar refractivity (Wildman–Crippen MR) is 173 cm³/mol. The summed E-state index contributed by atoms with van der Waals surface area (Å²) in [5.41, 5.74) is 6.35. The summed E-state index contributed by atoms with van der Waals surface area (Å²) in [6, 6.07) is 22.3. The fourth-order valence-electron chi connectivity index (χ4n) is 3.85. The molecule has 0 fully saturated rings. The van der Waals surface area contributed by atoms with E-state index in [1.54, 1.807) is 27.7 Å². The molecule has 2 atom stereocenters. The van der Waals surface area contributed by atoms with E-state index >= 15 is 0 Å². The molecule has 11 heteroatoms. The monoisotopic (exact) mass is 598 g/mol. The van der Waals surface area contributed by atoms with Crippen LogP contribution in [0.1, 0.15) is 84.3 Å². The number of nitrogens with two attached hydrogens (primary N) is 1. The zero-order chi connectivity index (χ0) is 30.7. The SMILES string of the molecule is C.CC(C)n1c(=O)cc(Cl)[nH]c1=O.CC(C)n1c(=O)cc(N[C@@H](C)c2ccccc2)[nH]c1=O.C[C@H](N)c1ccccc1. The Morgan fingerprint density at radius 3 is 1.50 bits per heavy atom. The number of benzene rings is 2. The number of aromatic amines is 2.